The van der Waals surface area contributed by atoms with Gasteiger partial charge in [0.05, 0.1) is 11.2 Å². The smallest absolute Gasteiger partial charge is 0.255 e. The number of hydrogen-bond donors (Lipinski definition) is 2. The zero-order valence-corrected chi connectivity index (χ0v) is 26.6. The molecule has 0 saturated carbocycles. The maximum atomic E-state index is 13.7. The molecule has 0 bridgehead atoms. The normalized spacial score (nSPS) is 11.5. The molecule has 0 aliphatic heterocycles. The number of aromatic nitrogens is 2. The number of ether oxygens (including phenoxy) is 1. The average molecular weight is 617 g/mol. The Morgan fingerprint density at radius 1 is 0.844 bits per heavy atom. The molecule has 0 unspecified atom stereocenters. The van der Waals surface area contributed by atoms with Gasteiger partial charge >= 0.3 is 0 Å². The van der Waals surface area contributed by atoms with E-state index in [0.29, 0.717) is 46.8 Å². The van der Waals surface area contributed by atoms with E-state index >= 15 is 0 Å². The van der Waals surface area contributed by atoms with Gasteiger partial charge in [-0.2, -0.15) is 5.10 Å². The molecule has 0 atom stereocenters. The van der Waals surface area contributed by atoms with E-state index in [1.165, 1.54) is 0 Å². The van der Waals surface area contributed by atoms with Gasteiger partial charge in [0.25, 0.3) is 5.91 Å². The van der Waals surface area contributed by atoms with Crippen molar-refractivity contribution in [2.75, 3.05) is 17.2 Å². The van der Waals surface area contributed by atoms with E-state index in [0.717, 1.165) is 22.5 Å². The Morgan fingerprint density at radius 3 is 2.36 bits per heavy atom. The number of rotatable bonds is 13. The number of hydrogen-bond acceptors (Lipinski definition) is 5. The number of benzene rings is 4. The van der Waals surface area contributed by atoms with Gasteiger partial charge in [0, 0.05) is 48.1 Å². The standard InChI is InChI=1S/C36H36N4O4Si/c1-45(2,3)21-20-44-25-40-34-23-29(16-18-31(34)33(39-40)19-17-26-10-7-8-15-32(26)37-24-41)35(42)28-13-9-14-30(22-28)38-36(43)27-11-5-4-6-12-27/h4-19,22-24H,20-21,25H2,1-3H3,(H,37,41)(H,38,43). The molecule has 0 aliphatic carbocycles. The highest BCUT2D eigenvalue weighted by atomic mass is 28.3. The molecule has 0 spiro atoms. The summed E-state index contributed by atoms with van der Waals surface area (Å²) in [5, 5.41) is 11.3. The summed E-state index contributed by atoms with van der Waals surface area (Å²) in [4.78, 5) is 37.4. The number of carbonyl (C=O) groups is 3. The molecule has 9 heteroatoms. The molecule has 5 rings (SSSR count). The SMILES string of the molecule is C[Si](C)(C)CCOCn1nc(C=Cc2ccccc2NC=O)c2ccc(C(=O)c3cccc(NC(=O)c4ccccc4)c3)cc21. The Bertz CT molecular complexity index is 1860. The van der Waals surface area contributed by atoms with Crippen LogP contribution in [0.3, 0.4) is 0 Å². The van der Waals surface area contributed by atoms with Gasteiger partial charge in [-0.1, -0.05) is 80.3 Å². The van der Waals surface area contributed by atoms with Crippen molar-refractivity contribution in [3.05, 3.63) is 125 Å². The maximum Gasteiger partial charge on any atom is 0.255 e. The Morgan fingerprint density at radius 2 is 1.58 bits per heavy atom. The zero-order chi connectivity index (χ0) is 31.8. The molecule has 0 aliphatic rings. The fourth-order valence-corrected chi connectivity index (χ4v) is 5.55. The predicted octanol–water partition coefficient (Wildman–Crippen LogP) is 7.57. The van der Waals surface area contributed by atoms with Crippen molar-refractivity contribution < 1.29 is 19.1 Å². The first kappa shape index (κ1) is 31.3. The summed E-state index contributed by atoms with van der Waals surface area (Å²) in [7, 11) is -1.27. The number of fused-ring (bicyclic) bond motifs is 1. The molecule has 2 amide bonds. The first-order valence-corrected chi connectivity index (χ1v) is 18.5. The van der Waals surface area contributed by atoms with E-state index in [4.69, 9.17) is 9.84 Å². The number of ketones is 1. The summed E-state index contributed by atoms with van der Waals surface area (Å²) in [6, 6.07) is 29.9. The minimum absolute atomic E-state index is 0.175. The van der Waals surface area contributed by atoms with Crippen LogP contribution in [0.5, 0.6) is 0 Å². The number of amides is 2. The summed E-state index contributed by atoms with van der Waals surface area (Å²) in [6.07, 6.45) is 4.45. The molecular formula is C36H36N4O4Si. The number of para-hydroxylation sites is 1. The quantitative estimate of drug-likeness (QED) is 0.0615. The molecule has 228 valence electrons. The van der Waals surface area contributed by atoms with Gasteiger partial charge in [-0.3, -0.25) is 14.4 Å². The van der Waals surface area contributed by atoms with Crippen molar-refractivity contribution in [2.45, 2.75) is 32.4 Å². The largest absolute Gasteiger partial charge is 0.360 e. The van der Waals surface area contributed by atoms with Crippen LogP contribution in [0.2, 0.25) is 25.7 Å². The van der Waals surface area contributed by atoms with Crippen molar-refractivity contribution in [1.29, 1.82) is 0 Å². The number of nitrogens with zero attached hydrogens (tertiary/aromatic N) is 2. The molecule has 0 saturated heterocycles. The van der Waals surface area contributed by atoms with E-state index in [9.17, 15) is 14.4 Å². The lowest BCUT2D eigenvalue weighted by Crippen LogP contribution is -2.22. The zero-order valence-electron chi connectivity index (χ0n) is 25.6. The molecule has 0 fully saturated rings. The molecule has 0 radical (unpaired) electrons. The van der Waals surface area contributed by atoms with Gasteiger partial charge in [0.15, 0.2) is 5.78 Å². The second kappa shape index (κ2) is 14.1. The molecule has 45 heavy (non-hydrogen) atoms. The van der Waals surface area contributed by atoms with E-state index < -0.39 is 8.07 Å². The Labute approximate surface area is 263 Å². The summed E-state index contributed by atoms with van der Waals surface area (Å²) < 4.78 is 7.82. The van der Waals surface area contributed by atoms with E-state index in [-0.39, 0.29) is 18.4 Å². The third-order valence-corrected chi connectivity index (χ3v) is 8.97. The first-order chi connectivity index (χ1) is 21.7. The monoisotopic (exact) mass is 616 g/mol. The molecule has 1 aromatic heterocycles. The van der Waals surface area contributed by atoms with Crippen molar-refractivity contribution in [1.82, 2.24) is 9.78 Å². The van der Waals surface area contributed by atoms with Crippen LogP contribution in [0.25, 0.3) is 23.1 Å². The minimum Gasteiger partial charge on any atom is -0.360 e. The number of nitrogens with one attached hydrogen (secondary N) is 2. The molecule has 4 aromatic carbocycles. The van der Waals surface area contributed by atoms with E-state index in [1.807, 2.05) is 54.6 Å². The van der Waals surface area contributed by atoms with Gasteiger partial charge in [0.1, 0.15) is 6.73 Å². The lowest BCUT2D eigenvalue weighted by atomic mass is 10.0. The van der Waals surface area contributed by atoms with Crippen molar-refractivity contribution >= 4 is 60.6 Å². The lowest BCUT2D eigenvalue weighted by Gasteiger charge is -2.15. The summed E-state index contributed by atoms with van der Waals surface area (Å²) in [6.45, 7) is 7.80. The van der Waals surface area contributed by atoms with Crippen LogP contribution in [0.4, 0.5) is 11.4 Å². The molecule has 2 N–H and O–H groups in total. The maximum absolute atomic E-state index is 13.7. The fourth-order valence-electron chi connectivity index (χ4n) is 4.80. The molecule has 1 heterocycles. The van der Waals surface area contributed by atoms with Gasteiger partial charge in [0.2, 0.25) is 6.41 Å². The van der Waals surface area contributed by atoms with Gasteiger partial charge in [-0.25, -0.2) is 4.68 Å². The Hall–Kier alpha value is -5.12. The van der Waals surface area contributed by atoms with Gasteiger partial charge in [-0.05, 0) is 60.1 Å². The van der Waals surface area contributed by atoms with Crippen LogP contribution >= 0.6 is 0 Å². The second-order valence-corrected chi connectivity index (χ2v) is 17.5. The van der Waals surface area contributed by atoms with Crippen LogP contribution < -0.4 is 10.6 Å². The van der Waals surface area contributed by atoms with Crippen LogP contribution in [-0.4, -0.2) is 42.6 Å². The molecular weight excluding hydrogens is 581 g/mol. The third-order valence-electron chi connectivity index (χ3n) is 7.27. The Balaban J connectivity index is 1.44. The van der Waals surface area contributed by atoms with E-state index in [2.05, 4.69) is 30.3 Å². The average Bonchev–Trinajstić information content (AvgIpc) is 3.39. The Kier molecular flexibility index (Phi) is 9.81. The van der Waals surface area contributed by atoms with Crippen LogP contribution in [-0.2, 0) is 16.3 Å². The van der Waals surface area contributed by atoms with Crippen molar-refractivity contribution in [3.63, 3.8) is 0 Å². The highest BCUT2D eigenvalue weighted by Gasteiger charge is 2.17. The summed E-state index contributed by atoms with van der Waals surface area (Å²) >= 11 is 0. The van der Waals surface area contributed by atoms with Crippen molar-refractivity contribution in [2.24, 2.45) is 0 Å². The van der Waals surface area contributed by atoms with E-state index in [1.54, 1.807) is 59.3 Å². The number of anilines is 2. The minimum atomic E-state index is -1.27. The van der Waals surface area contributed by atoms with Gasteiger partial charge in [-0.15, -0.1) is 0 Å². The lowest BCUT2D eigenvalue weighted by molar-refractivity contribution is -0.105. The highest BCUT2D eigenvalue weighted by molar-refractivity contribution is 6.76. The van der Waals surface area contributed by atoms with Crippen molar-refractivity contribution in [3.8, 4) is 0 Å². The second-order valence-electron chi connectivity index (χ2n) is 11.9. The predicted molar refractivity (Wildman–Crippen MR) is 183 cm³/mol. The van der Waals surface area contributed by atoms with Gasteiger partial charge < -0.3 is 15.4 Å². The van der Waals surface area contributed by atoms with Crippen LogP contribution in [0, 0.1) is 0 Å². The summed E-state index contributed by atoms with van der Waals surface area (Å²) in [5.74, 6) is -0.420. The highest BCUT2D eigenvalue weighted by Crippen LogP contribution is 2.26. The first-order valence-electron chi connectivity index (χ1n) is 14.8. The van der Waals surface area contributed by atoms with Crippen LogP contribution in [0.15, 0.2) is 97.1 Å². The third kappa shape index (κ3) is 8.08. The fraction of sp³-hybridized carbons (Fsp3) is 0.167. The van der Waals surface area contributed by atoms with Crippen LogP contribution in [0.1, 0.15) is 37.5 Å². The number of carbonyl (C=O) groups excluding carboxylic acids is 3. The molecule has 8 nitrogen and oxygen atoms in total. The topological polar surface area (TPSA) is 102 Å². The molecule has 5 aromatic rings. The summed E-state index contributed by atoms with van der Waals surface area (Å²) in [5.41, 5.74) is 5.03.